The summed E-state index contributed by atoms with van der Waals surface area (Å²) in [4.78, 5) is 0. The average molecular weight is 341 g/mol. The molecule has 2 heteroatoms. The number of unbranched alkanes of at least 4 members (excludes halogenated alkanes) is 4. The molecule has 136 valence electrons. The standard InChI is InChI=1S/C23H32O2/c1-2-24-19-20-25-18-12-5-3-4-7-13-22-16-10-11-17-23(22)21-14-8-6-9-15-21/h6,8-11,14-17H,2-5,7,12-13,18-20H2,1H3. The summed E-state index contributed by atoms with van der Waals surface area (Å²) in [5.41, 5.74) is 4.17. The summed E-state index contributed by atoms with van der Waals surface area (Å²) in [7, 11) is 0. The topological polar surface area (TPSA) is 18.5 Å². The van der Waals surface area contributed by atoms with Gasteiger partial charge < -0.3 is 9.47 Å². The van der Waals surface area contributed by atoms with E-state index >= 15 is 0 Å². The lowest BCUT2D eigenvalue weighted by atomic mass is 9.96. The molecule has 2 nitrogen and oxygen atoms in total. The molecule has 0 aliphatic heterocycles. The van der Waals surface area contributed by atoms with Crippen molar-refractivity contribution >= 4 is 0 Å². The van der Waals surface area contributed by atoms with E-state index in [1.54, 1.807) is 0 Å². The molecule has 0 aliphatic rings. The first kappa shape index (κ1) is 19.7. The number of aryl methyl sites for hydroxylation is 1. The highest BCUT2D eigenvalue weighted by molar-refractivity contribution is 5.67. The summed E-state index contributed by atoms with van der Waals surface area (Å²) >= 11 is 0. The zero-order chi connectivity index (χ0) is 17.6. The second-order valence-electron chi connectivity index (χ2n) is 6.35. The molecule has 0 unspecified atom stereocenters. The first-order valence-electron chi connectivity index (χ1n) is 9.70. The number of rotatable bonds is 13. The zero-order valence-corrected chi connectivity index (χ0v) is 15.6. The van der Waals surface area contributed by atoms with Crippen molar-refractivity contribution in [2.24, 2.45) is 0 Å². The molecule has 0 aliphatic carbocycles. The van der Waals surface area contributed by atoms with Gasteiger partial charge in [0.15, 0.2) is 0 Å². The van der Waals surface area contributed by atoms with Gasteiger partial charge in [0.25, 0.3) is 0 Å². The monoisotopic (exact) mass is 340 g/mol. The Morgan fingerprint density at radius 2 is 1.32 bits per heavy atom. The molecule has 2 rings (SSSR count). The van der Waals surface area contributed by atoms with Gasteiger partial charge in [-0.1, -0.05) is 73.9 Å². The molecule has 0 saturated heterocycles. The first-order valence-corrected chi connectivity index (χ1v) is 9.70. The lowest BCUT2D eigenvalue weighted by molar-refractivity contribution is 0.0512. The molecule has 0 spiro atoms. The van der Waals surface area contributed by atoms with Gasteiger partial charge in [-0.3, -0.25) is 0 Å². The van der Waals surface area contributed by atoms with Gasteiger partial charge in [-0.15, -0.1) is 0 Å². The zero-order valence-electron chi connectivity index (χ0n) is 15.6. The van der Waals surface area contributed by atoms with Gasteiger partial charge >= 0.3 is 0 Å². The highest BCUT2D eigenvalue weighted by Gasteiger charge is 2.03. The van der Waals surface area contributed by atoms with Crippen LogP contribution in [-0.2, 0) is 15.9 Å². The van der Waals surface area contributed by atoms with E-state index < -0.39 is 0 Å². The van der Waals surface area contributed by atoms with Crippen molar-refractivity contribution < 1.29 is 9.47 Å². The van der Waals surface area contributed by atoms with Crippen molar-refractivity contribution in [2.45, 2.75) is 45.4 Å². The molecule has 25 heavy (non-hydrogen) atoms. The number of hydrogen-bond acceptors (Lipinski definition) is 2. The molecule has 0 saturated carbocycles. The van der Waals surface area contributed by atoms with Crippen LogP contribution in [0.2, 0.25) is 0 Å². The van der Waals surface area contributed by atoms with Crippen LogP contribution >= 0.6 is 0 Å². The van der Waals surface area contributed by atoms with Crippen LogP contribution in [0.4, 0.5) is 0 Å². The normalized spacial score (nSPS) is 10.9. The molecule has 0 aromatic heterocycles. The SMILES string of the molecule is CCOCCOCCCCCCCc1ccccc1-c1ccccc1. The predicted octanol–water partition coefficient (Wildman–Crippen LogP) is 5.90. The van der Waals surface area contributed by atoms with Crippen molar-refractivity contribution in [1.82, 2.24) is 0 Å². The van der Waals surface area contributed by atoms with Crippen LogP contribution in [0.5, 0.6) is 0 Å². The van der Waals surface area contributed by atoms with Crippen molar-refractivity contribution in [2.75, 3.05) is 26.4 Å². The maximum absolute atomic E-state index is 5.55. The van der Waals surface area contributed by atoms with Gasteiger partial charge in [0, 0.05) is 13.2 Å². The minimum atomic E-state index is 0.720. The molecular formula is C23H32O2. The van der Waals surface area contributed by atoms with E-state index in [1.165, 1.54) is 42.4 Å². The van der Waals surface area contributed by atoms with E-state index in [0.717, 1.165) is 39.3 Å². The fourth-order valence-electron chi connectivity index (χ4n) is 3.05. The largest absolute Gasteiger partial charge is 0.379 e. The van der Waals surface area contributed by atoms with E-state index in [1.807, 2.05) is 6.92 Å². The van der Waals surface area contributed by atoms with E-state index in [9.17, 15) is 0 Å². The Hall–Kier alpha value is -1.64. The van der Waals surface area contributed by atoms with Gasteiger partial charge in [-0.2, -0.15) is 0 Å². The van der Waals surface area contributed by atoms with Crippen LogP contribution in [0.1, 0.15) is 44.6 Å². The van der Waals surface area contributed by atoms with Crippen LogP contribution in [0.15, 0.2) is 54.6 Å². The predicted molar refractivity (Wildman–Crippen MR) is 106 cm³/mol. The maximum Gasteiger partial charge on any atom is 0.0700 e. The average Bonchev–Trinajstić information content (AvgIpc) is 2.67. The molecule has 0 fully saturated rings. The van der Waals surface area contributed by atoms with E-state index in [-0.39, 0.29) is 0 Å². The Kier molecular flexibility index (Phi) is 9.99. The summed E-state index contributed by atoms with van der Waals surface area (Å²) in [6.45, 7) is 5.10. The van der Waals surface area contributed by atoms with Crippen molar-refractivity contribution in [3.63, 3.8) is 0 Å². The third-order valence-electron chi connectivity index (χ3n) is 4.41. The minimum absolute atomic E-state index is 0.720. The molecule has 0 atom stereocenters. The number of ether oxygens (including phenoxy) is 2. The molecule has 0 radical (unpaired) electrons. The fourth-order valence-corrected chi connectivity index (χ4v) is 3.05. The highest BCUT2D eigenvalue weighted by Crippen LogP contribution is 2.24. The lowest BCUT2D eigenvalue weighted by Crippen LogP contribution is -2.04. The maximum atomic E-state index is 5.55. The highest BCUT2D eigenvalue weighted by atomic mass is 16.5. The Morgan fingerprint density at radius 3 is 2.16 bits per heavy atom. The fraction of sp³-hybridized carbons (Fsp3) is 0.478. The van der Waals surface area contributed by atoms with Crippen LogP contribution in [0.3, 0.4) is 0 Å². The smallest absolute Gasteiger partial charge is 0.0700 e. The second-order valence-corrected chi connectivity index (χ2v) is 6.35. The first-order chi connectivity index (χ1) is 12.4. The van der Waals surface area contributed by atoms with Crippen LogP contribution in [0, 0.1) is 0 Å². The molecule has 2 aromatic rings. The van der Waals surface area contributed by atoms with Crippen LogP contribution in [-0.4, -0.2) is 26.4 Å². The van der Waals surface area contributed by atoms with Crippen LogP contribution in [0.25, 0.3) is 11.1 Å². The third-order valence-corrected chi connectivity index (χ3v) is 4.41. The Labute approximate surface area is 153 Å². The number of benzene rings is 2. The van der Waals surface area contributed by atoms with Gasteiger partial charge in [-0.25, -0.2) is 0 Å². The van der Waals surface area contributed by atoms with Gasteiger partial charge in [0.1, 0.15) is 0 Å². The van der Waals surface area contributed by atoms with Crippen molar-refractivity contribution in [3.05, 3.63) is 60.2 Å². The summed E-state index contributed by atoms with van der Waals surface area (Å²) < 4.78 is 10.8. The summed E-state index contributed by atoms with van der Waals surface area (Å²) in [6.07, 6.45) is 7.43. The second kappa shape index (κ2) is 12.7. The Bertz CT molecular complexity index is 565. The van der Waals surface area contributed by atoms with Crippen molar-refractivity contribution in [1.29, 1.82) is 0 Å². The lowest BCUT2D eigenvalue weighted by Gasteiger charge is -2.10. The van der Waals surface area contributed by atoms with Crippen molar-refractivity contribution in [3.8, 4) is 11.1 Å². The van der Waals surface area contributed by atoms with Gasteiger partial charge in [0.2, 0.25) is 0 Å². The number of hydrogen-bond donors (Lipinski definition) is 0. The molecule has 0 N–H and O–H groups in total. The summed E-state index contributed by atoms with van der Waals surface area (Å²) in [5.74, 6) is 0. The molecule has 0 bridgehead atoms. The Morgan fingerprint density at radius 1 is 0.640 bits per heavy atom. The molecule has 0 heterocycles. The Balaban J connectivity index is 1.60. The third kappa shape index (κ3) is 7.85. The summed E-state index contributed by atoms with van der Waals surface area (Å²) in [6, 6.07) is 19.5. The van der Waals surface area contributed by atoms with Crippen LogP contribution < -0.4 is 0 Å². The van der Waals surface area contributed by atoms with Gasteiger partial charge in [-0.05, 0) is 42.9 Å². The van der Waals surface area contributed by atoms with Gasteiger partial charge in [0.05, 0.1) is 13.2 Å². The molecule has 0 amide bonds. The molecule has 2 aromatic carbocycles. The minimum Gasteiger partial charge on any atom is -0.379 e. The molecular weight excluding hydrogens is 308 g/mol. The summed E-state index contributed by atoms with van der Waals surface area (Å²) in [5, 5.41) is 0. The van der Waals surface area contributed by atoms with E-state index in [0.29, 0.717) is 0 Å². The quantitative estimate of drug-likeness (QED) is 0.423. The van der Waals surface area contributed by atoms with E-state index in [2.05, 4.69) is 54.6 Å². The van der Waals surface area contributed by atoms with E-state index in [4.69, 9.17) is 9.47 Å².